The lowest BCUT2D eigenvalue weighted by Gasteiger charge is -2.10. The van der Waals surface area contributed by atoms with Gasteiger partial charge in [0.2, 0.25) is 0 Å². The third kappa shape index (κ3) is 6.58. The first-order chi connectivity index (χ1) is 19.3. The maximum Gasteiger partial charge on any atom is 0.338 e. The van der Waals surface area contributed by atoms with Gasteiger partial charge in [-0.15, -0.1) is 0 Å². The average Bonchev–Trinajstić information content (AvgIpc) is 3.42. The molecular formula is C28H21ClN4O7. The summed E-state index contributed by atoms with van der Waals surface area (Å²) in [5.41, 5.74) is 3.34. The van der Waals surface area contributed by atoms with Crippen molar-refractivity contribution in [2.24, 2.45) is 5.10 Å². The summed E-state index contributed by atoms with van der Waals surface area (Å²) in [4.78, 5) is 47.8. The number of rotatable bonds is 9. The number of esters is 1. The van der Waals surface area contributed by atoms with E-state index in [0.29, 0.717) is 17.1 Å². The molecule has 3 aromatic carbocycles. The number of hydrazone groups is 1. The molecule has 0 aliphatic rings. The molecule has 0 unspecified atom stereocenters. The van der Waals surface area contributed by atoms with Gasteiger partial charge in [-0.05, 0) is 49.4 Å². The van der Waals surface area contributed by atoms with Crippen LogP contribution in [0.1, 0.15) is 43.8 Å². The minimum Gasteiger partial charge on any atom is -0.462 e. The lowest BCUT2D eigenvalue weighted by atomic mass is 10.1. The molecule has 0 saturated heterocycles. The Bertz CT molecular complexity index is 1610. The highest BCUT2D eigenvalue weighted by molar-refractivity contribution is 6.34. The normalized spacial score (nSPS) is 10.8. The fourth-order valence-corrected chi connectivity index (χ4v) is 3.76. The van der Waals surface area contributed by atoms with Gasteiger partial charge in [0, 0.05) is 17.7 Å². The quantitative estimate of drug-likeness (QED) is 0.115. The fourth-order valence-electron chi connectivity index (χ4n) is 3.56. The second kappa shape index (κ2) is 12.5. The highest BCUT2D eigenvalue weighted by atomic mass is 35.5. The van der Waals surface area contributed by atoms with Gasteiger partial charge in [0.05, 0.1) is 45.1 Å². The van der Waals surface area contributed by atoms with E-state index >= 15 is 0 Å². The van der Waals surface area contributed by atoms with Gasteiger partial charge in [-0.2, -0.15) is 5.10 Å². The van der Waals surface area contributed by atoms with Crippen LogP contribution in [0, 0.1) is 10.1 Å². The number of carbonyl (C=O) groups excluding carboxylic acids is 3. The van der Waals surface area contributed by atoms with Crippen molar-refractivity contribution in [1.29, 1.82) is 0 Å². The molecule has 4 rings (SSSR count). The number of benzene rings is 3. The molecule has 202 valence electrons. The van der Waals surface area contributed by atoms with Gasteiger partial charge in [-0.3, -0.25) is 19.7 Å². The number of nitrogens with one attached hydrogen (secondary N) is 2. The molecule has 12 heteroatoms. The molecule has 0 spiro atoms. The third-order valence-corrected chi connectivity index (χ3v) is 5.82. The number of halogens is 1. The monoisotopic (exact) mass is 560 g/mol. The van der Waals surface area contributed by atoms with Crippen LogP contribution in [0.5, 0.6) is 0 Å². The van der Waals surface area contributed by atoms with E-state index in [1.807, 2.05) is 0 Å². The Balaban J connectivity index is 1.42. The number of furan rings is 1. The summed E-state index contributed by atoms with van der Waals surface area (Å²) in [5.74, 6) is -0.886. The summed E-state index contributed by atoms with van der Waals surface area (Å²) in [6, 6.07) is 19.7. The Morgan fingerprint density at radius 3 is 2.48 bits per heavy atom. The summed E-state index contributed by atoms with van der Waals surface area (Å²) in [5, 5.41) is 17.6. The number of para-hydroxylation sites is 1. The van der Waals surface area contributed by atoms with E-state index in [-0.39, 0.29) is 34.1 Å². The molecule has 0 aliphatic heterocycles. The van der Waals surface area contributed by atoms with Gasteiger partial charge < -0.3 is 14.5 Å². The maximum absolute atomic E-state index is 12.8. The highest BCUT2D eigenvalue weighted by Gasteiger charge is 2.19. The molecular weight excluding hydrogens is 540 g/mol. The van der Waals surface area contributed by atoms with Crippen LogP contribution in [0.25, 0.3) is 11.3 Å². The molecule has 0 fully saturated rings. The number of ether oxygens (including phenoxy) is 1. The SMILES string of the molecule is CCOC(=O)c1ccc(-c2ccc(C=NNC(=O)c3ccccc3NC(=O)c3cc([N+](=O)[O-])ccc3Cl)o2)cc1. The minimum absolute atomic E-state index is 0.0161. The molecule has 40 heavy (non-hydrogen) atoms. The van der Waals surface area contributed by atoms with Crippen LogP contribution in [0.4, 0.5) is 11.4 Å². The van der Waals surface area contributed by atoms with Gasteiger partial charge in [-0.25, -0.2) is 10.2 Å². The number of amides is 2. The van der Waals surface area contributed by atoms with Gasteiger partial charge >= 0.3 is 5.97 Å². The van der Waals surface area contributed by atoms with Crippen molar-refractivity contribution < 1.29 is 28.5 Å². The molecule has 0 bridgehead atoms. The summed E-state index contributed by atoms with van der Waals surface area (Å²) in [6.07, 6.45) is 1.30. The number of nitro benzene ring substituents is 1. The Kier molecular flexibility index (Phi) is 8.67. The summed E-state index contributed by atoms with van der Waals surface area (Å²) in [7, 11) is 0. The summed E-state index contributed by atoms with van der Waals surface area (Å²) < 4.78 is 10.7. The zero-order chi connectivity index (χ0) is 28.6. The number of nitrogens with zero attached hydrogens (tertiary/aromatic N) is 2. The first kappa shape index (κ1) is 27.7. The molecule has 2 amide bonds. The predicted octanol–water partition coefficient (Wildman–Crippen LogP) is 5.70. The predicted molar refractivity (Wildman–Crippen MR) is 148 cm³/mol. The van der Waals surface area contributed by atoms with Crippen LogP contribution in [-0.2, 0) is 4.74 Å². The molecule has 4 aromatic rings. The largest absolute Gasteiger partial charge is 0.462 e. The van der Waals surface area contributed by atoms with Crippen molar-refractivity contribution in [3.8, 4) is 11.3 Å². The Labute approximate surface area is 232 Å². The molecule has 0 atom stereocenters. The van der Waals surface area contributed by atoms with Crippen LogP contribution >= 0.6 is 11.6 Å². The van der Waals surface area contributed by atoms with E-state index in [1.54, 1.807) is 55.5 Å². The van der Waals surface area contributed by atoms with Gasteiger partial charge in [0.15, 0.2) is 0 Å². The summed E-state index contributed by atoms with van der Waals surface area (Å²) in [6.45, 7) is 2.02. The van der Waals surface area contributed by atoms with Crippen LogP contribution < -0.4 is 10.7 Å². The van der Waals surface area contributed by atoms with E-state index in [1.165, 1.54) is 30.5 Å². The van der Waals surface area contributed by atoms with Gasteiger partial charge in [0.1, 0.15) is 11.5 Å². The highest BCUT2D eigenvalue weighted by Crippen LogP contribution is 2.25. The van der Waals surface area contributed by atoms with Crippen molar-refractivity contribution >= 4 is 47.0 Å². The first-order valence-electron chi connectivity index (χ1n) is 11.8. The van der Waals surface area contributed by atoms with Crippen molar-refractivity contribution in [2.75, 3.05) is 11.9 Å². The minimum atomic E-state index is -0.726. The number of nitro groups is 1. The van der Waals surface area contributed by atoms with Crippen LogP contribution in [0.3, 0.4) is 0 Å². The third-order valence-electron chi connectivity index (χ3n) is 5.49. The second-order valence-electron chi connectivity index (χ2n) is 8.12. The topological polar surface area (TPSA) is 153 Å². The van der Waals surface area contributed by atoms with Crippen molar-refractivity contribution in [2.45, 2.75) is 6.92 Å². The van der Waals surface area contributed by atoms with Gasteiger partial charge in [0.25, 0.3) is 17.5 Å². The number of non-ortho nitro benzene ring substituents is 1. The standard InChI is InChI=1S/C28H21ClN4O7/c1-2-39-28(36)18-9-7-17(8-10-18)25-14-12-20(40-25)16-30-32-27(35)21-5-3-4-6-24(21)31-26(34)22-15-19(33(37)38)11-13-23(22)29/h3-16H,2H2,1H3,(H,31,34)(H,32,35). The zero-order valence-electron chi connectivity index (χ0n) is 20.9. The lowest BCUT2D eigenvalue weighted by Crippen LogP contribution is -2.21. The molecule has 0 saturated carbocycles. The molecule has 1 aromatic heterocycles. The van der Waals surface area contributed by atoms with Crippen molar-refractivity contribution in [3.63, 3.8) is 0 Å². The Morgan fingerprint density at radius 2 is 1.75 bits per heavy atom. The van der Waals surface area contributed by atoms with Crippen LogP contribution in [-0.4, -0.2) is 35.5 Å². The molecule has 2 N–H and O–H groups in total. The molecule has 0 radical (unpaired) electrons. The molecule has 11 nitrogen and oxygen atoms in total. The number of anilines is 1. The first-order valence-corrected chi connectivity index (χ1v) is 12.2. The zero-order valence-corrected chi connectivity index (χ0v) is 21.7. The van der Waals surface area contributed by atoms with Gasteiger partial charge in [-0.1, -0.05) is 35.9 Å². The number of carbonyl (C=O) groups is 3. The van der Waals surface area contributed by atoms with E-state index in [2.05, 4.69) is 15.8 Å². The van der Waals surface area contributed by atoms with Crippen LogP contribution in [0.2, 0.25) is 5.02 Å². The Hall–Kier alpha value is -5.29. The fraction of sp³-hybridized carbons (Fsp3) is 0.0714. The number of hydrogen-bond acceptors (Lipinski definition) is 8. The maximum atomic E-state index is 12.8. The average molecular weight is 561 g/mol. The summed E-state index contributed by atoms with van der Waals surface area (Å²) >= 11 is 6.05. The molecule has 0 aliphatic carbocycles. The van der Waals surface area contributed by atoms with E-state index < -0.39 is 22.7 Å². The van der Waals surface area contributed by atoms with Crippen molar-refractivity contribution in [3.05, 3.63) is 116 Å². The smallest absolute Gasteiger partial charge is 0.338 e. The lowest BCUT2D eigenvalue weighted by molar-refractivity contribution is -0.384. The number of hydrogen-bond donors (Lipinski definition) is 2. The molecule has 1 heterocycles. The second-order valence-corrected chi connectivity index (χ2v) is 8.53. The van der Waals surface area contributed by atoms with E-state index in [4.69, 9.17) is 20.8 Å². The van der Waals surface area contributed by atoms with Crippen molar-refractivity contribution in [1.82, 2.24) is 5.43 Å². The Morgan fingerprint density at radius 1 is 1.00 bits per heavy atom. The van der Waals surface area contributed by atoms with Crippen LogP contribution in [0.15, 0.2) is 88.4 Å². The van der Waals surface area contributed by atoms with E-state index in [9.17, 15) is 24.5 Å². The van der Waals surface area contributed by atoms with E-state index in [0.717, 1.165) is 11.6 Å².